The van der Waals surface area contributed by atoms with Crippen LogP contribution in [0.2, 0.25) is 5.15 Å². The lowest BCUT2D eigenvalue weighted by molar-refractivity contribution is -0.385. The first-order chi connectivity index (χ1) is 9.51. The predicted octanol–water partition coefficient (Wildman–Crippen LogP) is 3.45. The van der Waals surface area contributed by atoms with Crippen molar-refractivity contribution >= 4 is 17.3 Å². The van der Waals surface area contributed by atoms with E-state index < -0.39 is 10.7 Å². The van der Waals surface area contributed by atoms with Gasteiger partial charge in [-0.15, -0.1) is 0 Å². The molecule has 0 saturated carbocycles. The Balaban J connectivity index is 2.43. The van der Waals surface area contributed by atoms with Crippen molar-refractivity contribution < 1.29 is 14.1 Å². The van der Waals surface area contributed by atoms with E-state index >= 15 is 0 Å². The molecule has 0 unspecified atom stereocenters. The average Bonchev–Trinajstić information content (AvgIpc) is 2.38. The van der Waals surface area contributed by atoms with Crippen molar-refractivity contribution in [2.24, 2.45) is 0 Å². The van der Waals surface area contributed by atoms with E-state index in [1.165, 1.54) is 12.1 Å². The van der Waals surface area contributed by atoms with Crippen molar-refractivity contribution in [1.82, 2.24) is 4.98 Å². The Morgan fingerprint density at radius 1 is 1.45 bits per heavy atom. The number of nitro groups is 1. The molecule has 0 aliphatic heterocycles. The molecule has 0 bridgehead atoms. The highest BCUT2D eigenvalue weighted by molar-refractivity contribution is 6.29. The maximum absolute atomic E-state index is 13.4. The van der Waals surface area contributed by atoms with Gasteiger partial charge >= 0.3 is 0 Å². The van der Waals surface area contributed by atoms with Gasteiger partial charge in [-0.3, -0.25) is 10.1 Å². The van der Waals surface area contributed by atoms with Gasteiger partial charge in [0.2, 0.25) is 5.88 Å². The summed E-state index contributed by atoms with van der Waals surface area (Å²) >= 11 is 5.63. The standard InChI is InChI=1S/C12H5ClFN3O3/c13-11-4-7(17(18)19)5-12(16-11)20-10-3-1-2-9(14)8(10)6-15/h1-5H. The number of rotatable bonds is 3. The van der Waals surface area contributed by atoms with Gasteiger partial charge in [0.25, 0.3) is 5.69 Å². The second kappa shape index (κ2) is 5.50. The zero-order valence-corrected chi connectivity index (χ0v) is 10.5. The fourth-order valence-corrected chi connectivity index (χ4v) is 1.62. The summed E-state index contributed by atoms with van der Waals surface area (Å²) in [6, 6.07) is 7.49. The first kappa shape index (κ1) is 13.7. The molecule has 6 nitrogen and oxygen atoms in total. The smallest absolute Gasteiger partial charge is 0.277 e. The first-order valence-electron chi connectivity index (χ1n) is 5.19. The maximum atomic E-state index is 13.4. The molecule has 1 aromatic carbocycles. The average molecular weight is 294 g/mol. The van der Waals surface area contributed by atoms with Crippen molar-refractivity contribution in [2.45, 2.75) is 0 Å². The lowest BCUT2D eigenvalue weighted by atomic mass is 10.2. The van der Waals surface area contributed by atoms with E-state index in [4.69, 9.17) is 21.6 Å². The van der Waals surface area contributed by atoms with Crippen LogP contribution in [0.5, 0.6) is 11.6 Å². The summed E-state index contributed by atoms with van der Waals surface area (Å²) in [6.07, 6.45) is 0. The molecule has 0 radical (unpaired) electrons. The van der Waals surface area contributed by atoms with Crippen LogP contribution in [0.3, 0.4) is 0 Å². The quantitative estimate of drug-likeness (QED) is 0.491. The molecule has 0 atom stereocenters. The van der Waals surface area contributed by atoms with Gasteiger partial charge in [-0.2, -0.15) is 5.26 Å². The minimum absolute atomic E-state index is 0.100. The largest absolute Gasteiger partial charge is 0.437 e. The van der Waals surface area contributed by atoms with Crippen LogP contribution >= 0.6 is 11.6 Å². The fraction of sp³-hybridized carbons (Fsp3) is 0. The van der Waals surface area contributed by atoms with Crippen LogP contribution in [0.25, 0.3) is 0 Å². The van der Waals surface area contributed by atoms with Gasteiger partial charge in [0.05, 0.1) is 17.1 Å². The molecule has 8 heteroatoms. The number of ether oxygens (including phenoxy) is 1. The summed E-state index contributed by atoms with van der Waals surface area (Å²) in [5.41, 5.74) is -0.646. The molecular weight excluding hydrogens is 289 g/mol. The third-order valence-corrected chi connectivity index (χ3v) is 2.46. The van der Waals surface area contributed by atoms with Gasteiger partial charge in [-0.05, 0) is 12.1 Å². The molecule has 0 fully saturated rings. The number of hydrogen-bond acceptors (Lipinski definition) is 5. The number of pyridine rings is 1. The summed E-state index contributed by atoms with van der Waals surface area (Å²) in [5, 5.41) is 19.4. The molecule has 2 rings (SSSR count). The highest BCUT2D eigenvalue weighted by Gasteiger charge is 2.14. The second-order valence-electron chi connectivity index (χ2n) is 3.57. The lowest BCUT2D eigenvalue weighted by Gasteiger charge is -2.07. The van der Waals surface area contributed by atoms with Crippen molar-refractivity contribution in [3.05, 3.63) is 57.0 Å². The highest BCUT2D eigenvalue weighted by Crippen LogP contribution is 2.29. The Labute approximate surface area is 117 Å². The summed E-state index contributed by atoms with van der Waals surface area (Å²) in [6.45, 7) is 0. The normalized spacial score (nSPS) is 9.85. The molecule has 2 aromatic rings. The third-order valence-electron chi connectivity index (χ3n) is 2.27. The van der Waals surface area contributed by atoms with E-state index in [-0.39, 0.29) is 28.0 Å². The monoisotopic (exact) mass is 293 g/mol. The predicted molar refractivity (Wildman–Crippen MR) is 67.1 cm³/mol. The topological polar surface area (TPSA) is 89.0 Å². The van der Waals surface area contributed by atoms with Crippen LogP contribution in [0, 0.1) is 27.3 Å². The summed E-state index contributed by atoms with van der Waals surface area (Å²) < 4.78 is 18.6. The van der Waals surface area contributed by atoms with Crippen LogP contribution < -0.4 is 4.74 Å². The van der Waals surface area contributed by atoms with Crippen molar-refractivity contribution in [1.29, 1.82) is 5.26 Å². The Hall–Kier alpha value is -2.72. The minimum atomic E-state index is -0.762. The van der Waals surface area contributed by atoms with Crippen LogP contribution in [0.15, 0.2) is 30.3 Å². The number of hydrogen-bond donors (Lipinski definition) is 0. The molecule has 0 N–H and O–H groups in total. The lowest BCUT2D eigenvalue weighted by Crippen LogP contribution is -1.95. The maximum Gasteiger partial charge on any atom is 0.277 e. The Morgan fingerprint density at radius 3 is 2.85 bits per heavy atom. The van der Waals surface area contributed by atoms with Gasteiger partial charge in [0.15, 0.2) is 0 Å². The molecule has 1 heterocycles. The molecule has 0 spiro atoms. The van der Waals surface area contributed by atoms with Crippen LogP contribution in [0.1, 0.15) is 5.56 Å². The van der Waals surface area contributed by atoms with Gasteiger partial charge < -0.3 is 4.74 Å². The molecule has 0 aliphatic carbocycles. The number of benzene rings is 1. The molecule has 100 valence electrons. The second-order valence-corrected chi connectivity index (χ2v) is 3.96. The van der Waals surface area contributed by atoms with Crippen molar-refractivity contribution in [2.75, 3.05) is 0 Å². The number of aromatic nitrogens is 1. The first-order valence-corrected chi connectivity index (χ1v) is 5.57. The minimum Gasteiger partial charge on any atom is -0.437 e. The Bertz CT molecular complexity index is 730. The van der Waals surface area contributed by atoms with E-state index in [0.717, 1.165) is 18.2 Å². The Kier molecular flexibility index (Phi) is 3.77. The zero-order valence-electron chi connectivity index (χ0n) is 9.71. The van der Waals surface area contributed by atoms with Gasteiger partial charge in [0, 0.05) is 0 Å². The molecule has 1 aromatic heterocycles. The highest BCUT2D eigenvalue weighted by atomic mass is 35.5. The van der Waals surface area contributed by atoms with Gasteiger partial charge in [0.1, 0.15) is 28.4 Å². The van der Waals surface area contributed by atoms with Gasteiger partial charge in [-0.1, -0.05) is 17.7 Å². The van der Waals surface area contributed by atoms with E-state index in [0.29, 0.717) is 0 Å². The SMILES string of the molecule is N#Cc1c(F)cccc1Oc1cc([N+](=O)[O-])cc(Cl)n1. The number of nitriles is 1. The molecule has 0 aliphatic rings. The Morgan fingerprint density at radius 2 is 2.20 bits per heavy atom. The summed E-state index contributed by atoms with van der Waals surface area (Å²) in [5.74, 6) is -1.07. The summed E-state index contributed by atoms with van der Waals surface area (Å²) in [4.78, 5) is 13.7. The fourth-order valence-electron chi connectivity index (χ4n) is 1.43. The van der Waals surface area contributed by atoms with E-state index in [1.807, 2.05) is 0 Å². The molecule has 0 amide bonds. The van der Waals surface area contributed by atoms with Crippen LogP contribution in [-0.2, 0) is 0 Å². The van der Waals surface area contributed by atoms with Crippen LogP contribution in [0.4, 0.5) is 10.1 Å². The van der Waals surface area contributed by atoms with Crippen molar-refractivity contribution in [3.8, 4) is 17.7 Å². The van der Waals surface area contributed by atoms with E-state index in [9.17, 15) is 14.5 Å². The zero-order chi connectivity index (χ0) is 14.7. The third kappa shape index (κ3) is 2.81. The van der Waals surface area contributed by atoms with Crippen molar-refractivity contribution in [3.63, 3.8) is 0 Å². The van der Waals surface area contributed by atoms with E-state index in [1.54, 1.807) is 6.07 Å². The summed E-state index contributed by atoms with van der Waals surface area (Å²) in [7, 11) is 0. The van der Waals surface area contributed by atoms with Crippen LogP contribution in [-0.4, -0.2) is 9.91 Å². The van der Waals surface area contributed by atoms with E-state index in [2.05, 4.69) is 4.98 Å². The number of halogens is 2. The molecular formula is C12H5ClFN3O3. The van der Waals surface area contributed by atoms with Gasteiger partial charge in [-0.25, -0.2) is 9.37 Å². The molecule has 0 saturated heterocycles. The molecule has 20 heavy (non-hydrogen) atoms. The number of nitrogens with zero attached hydrogens (tertiary/aromatic N) is 3.